The summed E-state index contributed by atoms with van der Waals surface area (Å²) in [6.45, 7) is -0.589. The number of rotatable bonds is 7. The van der Waals surface area contributed by atoms with Crippen LogP contribution in [0.15, 0.2) is 78.9 Å². The number of methoxy groups -OCH3 is 1. The Kier molecular flexibility index (Phi) is 5.64. The largest absolute Gasteiger partial charge is 0.497 e. The van der Waals surface area contributed by atoms with Crippen LogP contribution < -0.4 is 4.74 Å². The molecule has 3 rings (SSSR count). The third-order valence-corrected chi connectivity index (χ3v) is 4.09. The van der Waals surface area contributed by atoms with Crippen molar-refractivity contribution in [3.8, 4) is 16.9 Å². The lowest BCUT2D eigenvalue weighted by Crippen LogP contribution is -2.22. The van der Waals surface area contributed by atoms with E-state index in [1.807, 2.05) is 36.4 Å². The Morgan fingerprint density at radius 2 is 1.58 bits per heavy atom. The molecule has 4 heteroatoms. The van der Waals surface area contributed by atoms with Crippen LogP contribution in [0.4, 0.5) is 8.78 Å². The number of halogens is 2. The highest BCUT2D eigenvalue weighted by atomic mass is 19.3. The summed E-state index contributed by atoms with van der Waals surface area (Å²) in [5.41, 5.74) is 2.03. The van der Waals surface area contributed by atoms with Gasteiger partial charge in [-0.3, -0.25) is 0 Å². The molecule has 0 aliphatic rings. The average molecular weight is 354 g/mol. The molecule has 3 aromatic rings. The highest BCUT2D eigenvalue weighted by Gasteiger charge is 2.34. The molecule has 0 N–H and O–H groups in total. The monoisotopic (exact) mass is 354 g/mol. The zero-order chi connectivity index (χ0) is 18.4. The molecular weight excluding hydrogens is 334 g/mol. The number of hydrogen-bond acceptors (Lipinski definition) is 2. The Bertz CT molecular complexity index is 848. The van der Waals surface area contributed by atoms with E-state index >= 15 is 0 Å². The highest BCUT2D eigenvalue weighted by molar-refractivity contribution is 5.68. The average Bonchev–Trinajstić information content (AvgIpc) is 2.69. The van der Waals surface area contributed by atoms with Crippen LogP contribution in [-0.4, -0.2) is 13.7 Å². The zero-order valence-corrected chi connectivity index (χ0v) is 14.5. The van der Waals surface area contributed by atoms with Crippen molar-refractivity contribution in [3.63, 3.8) is 0 Å². The standard InChI is InChI=1S/C22H20F2O2/c1-25-19-11-7-8-17(14-19)15-26-16-22(23,24)21-13-6-5-12-20(21)18-9-3-2-4-10-18/h2-14H,15-16H2,1H3. The van der Waals surface area contributed by atoms with Crippen LogP contribution in [0.1, 0.15) is 11.1 Å². The maximum atomic E-state index is 14.8. The summed E-state index contributed by atoms with van der Waals surface area (Å²) in [4.78, 5) is 0. The Morgan fingerprint density at radius 1 is 0.846 bits per heavy atom. The van der Waals surface area contributed by atoms with E-state index in [9.17, 15) is 8.78 Å². The molecule has 0 atom stereocenters. The van der Waals surface area contributed by atoms with E-state index in [-0.39, 0.29) is 12.2 Å². The molecule has 0 saturated carbocycles. The summed E-state index contributed by atoms with van der Waals surface area (Å²) in [6, 6.07) is 22.9. The van der Waals surface area contributed by atoms with E-state index in [4.69, 9.17) is 9.47 Å². The number of alkyl halides is 2. The summed E-state index contributed by atoms with van der Waals surface area (Å²) < 4.78 is 40.1. The molecular formula is C22H20F2O2. The predicted octanol–water partition coefficient (Wildman–Crippen LogP) is 5.67. The molecule has 0 aliphatic heterocycles. The Balaban J connectivity index is 1.74. The van der Waals surface area contributed by atoms with E-state index < -0.39 is 12.5 Å². The lowest BCUT2D eigenvalue weighted by atomic mass is 9.96. The van der Waals surface area contributed by atoms with E-state index in [0.29, 0.717) is 11.3 Å². The molecule has 134 valence electrons. The fourth-order valence-electron chi connectivity index (χ4n) is 2.81. The second-order valence-corrected chi connectivity index (χ2v) is 5.96. The molecule has 0 saturated heterocycles. The van der Waals surface area contributed by atoms with Gasteiger partial charge in [0.15, 0.2) is 0 Å². The number of hydrogen-bond donors (Lipinski definition) is 0. The van der Waals surface area contributed by atoms with Gasteiger partial charge in [0, 0.05) is 5.56 Å². The number of ether oxygens (including phenoxy) is 2. The summed E-state index contributed by atoms with van der Waals surface area (Å²) in [5.74, 6) is -2.42. The molecule has 0 bridgehead atoms. The molecule has 0 spiro atoms. The van der Waals surface area contributed by atoms with Gasteiger partial charge in [-0.15, -0.1) is 0 Å². The first kappa shape index (κ1) is 18.1. The van der Waals surface area contributed by atoms with Crippen molar-refractivity contribution in [2.45, 2.75) is 12.5 Å². The van der Waals surface area contributed by atoms with E-state index in [0.717, 1.165) is 11.1 Å². The second-order valence-electron chi connectivity index (χ2n) is 5.96. The molecule has 0 radical (unpaired) electrons. The van der Waals surface area contributed by atoms with Gasteiger partial charge < -0.3 is 9.47 Å². The lowest BCUT2D eigenvalue weighted by molar-refractivity contribution is -0.0869. The van der Waals surface area contributed by atoms with Gasteiger partial charge in [0.2, 0.25) is 0 Å². The predicted molar refractivity (Wildman–Crippen MR) is 98.4 cm³/mol. The maximum absolute atomic E-state index is 14.8. The van der Waals surface area contributed by atoms with Crippen LogP contribution in [0.25, 0.3) is 11.1 Å². The third kappa shape index (κ3) is 4.27. The topological polar surface area (TPSA) is 18.5 Å². The van der Waals surface area contributed by atoms with Crippen molar-refractivity contribution < 1.29 is 18.3 Å². The Morgan fingerprint density at radius 3 is 2.35 bits per heavy atom. The fraction of sp³-hybridized carbons (Fsp3) is 0.182. The van der Waals surface area contributed by atoms with E-state index in [1.165, 1.54) is 6.07 Å². The molecule has 0 heterocycles. The molecule has 0 fully saturated rings. The molecule has 0 unspecified atom stereocenters. The van der Waals surface area contributed by atoms with Gasteiger partial charge in [-0.25, -0.2) is 0 Å². The lowest BCUT2D eigenvalue weighted by Gasteiger charge is -2.20. The third-order valence-electron chi connectivity index (χ3n) is 4.09. The quantitative estimate of drug-likeness (QED) is 0.544. The summed E-state index contributed by atoms with van der Waals surface area (Å²) in [6.07, 6.45) is 0. The molecule has 2 nitrogen and oxygen atoms in total. The van der Waals surface area contributed by atoms with Gasteiger partial charge in [0.1, 0.15) is 12.4 Å². The summed E-state index contributed by atoms with van der Waals surface area (Å²) >= 11 is 0. The van der Waals surface area contributed by atoms with Gasteiger partial charge >= 0.3 is 0 Å². The molecule has 0 aliphatic carbocycles. The van der Waals surface area contributed by atoms with Crippen molar-refractivity contribution in [3.05, 3.63) is 90.0 Å². The van der Waals surface area contributed by atoms with Crippen molar-refractivity contribution in [1.82, 2.24) is 0 Å². The number of benzene rings is 3. The highest BCUT2D eigenvalue weighted by Crippen LogP contribution is 2.36. The van der Waals surface area contributed by atoms with Gasteiger partial charge in [-0.05, 0) is 28.8 Å². The Hall–Kier alpha value is -2.72. The van der Waals surface area contributed by atoms with Gasteiger partial charge in [-0.2, -0.15) is 8.78 Å². The minimum absolute atomic E-state index is 0.0307. The van der Waals surface area contributed by atoms with Gasteiger partial charge in [0.05, 0.1) is 13.7 Å². The van der Waals surface area contributed by atoms with Crippen LogP contribution in [0.3, 0.4) is 0 Å². The maximum Gasteiger partial charge on any atom is 0.296 e. The van der Waals surface area contributed by atoms with Crippen molar-refractivity contribution in [2.75, 3.05) is 13.7 Å². The van der Waals surface area contributed by atoms with Crippen LogP contribution in [0.2, 0.25) is 0 Å². The first-order valence-corrected chi connectivity index (χ1v) is 8.33. The molecule has 0 amide bonds. The minimum atomic E-state index is -3.09. The van der Waals surface area contributed by atoms with Crippen molar-refractivity contribution in [2.24, 2.45) is 0 Å². The van der Waals surface area contributed by atoms with Crippen LogP contribution in [-0.2, 0) is 17.3 Å². The first-order chi connectivity index (χ1) is 12.6. The normalized spacial score (nSPS) is 11.3. The summed E-state index contributed by atoms with van der Waals surface area (Å²) in [5, 5.41) is 0. The Labute approximate surface area is 152 Å². The second kappa shape index (κ2) is 8.11. The first-order valence-electron chi connectivity index (χ1n) is 8.33. The van der Waals surface area contributed by atoms with Gasteiger partial charge in [-0.1, -0.05) is 66.7 Å². The van der Waals surface area contributed by atoms with Gasteiger partial charge in [0.25, 0.3) is 5.92 Å². The summed E-state index contributed by atoms with van der Waals surface area (Å²) in [7, 11) is 1.56. The zero-order valence-electron chi connectivity index (χ0n) is 14.5. The SMILES string of the molecule is COc1cccc(COCC(F)(F)c2ccccc2-c2ccccc2)c1. The van der Waals surface area contributed by atoms with Crippen LogP contribution in [0, 0.1) is 0 Å². The van der Waals surface area contributed by atoms with E-state index in [2.05, 4.69) is 0 Å². The van der Waals surface area contributed by atoms with Crippen LogP contribution >= 0.6 is 0 Å². The molecule has 26 heavy (non-hydrogen) atoms. The van der Waals surface area contributed by atoms with Crippen molar-refractivity contribution in [1.29, 1.82) is 0 Å². The van der Waals surface area contributed by atoms with Crippen LogP contribution in [0.5, 0.6) is 5.75 Å². The smallest absolute Gasteiger partial charge is 0.296 e. The minimum Gasteiger partial charge on any atom is -0.497 e. The molecule has 3 aromatic carbocycles. The van der Waals surface area contributed by atoms with E-state index in [1.54, 1.807) is 43.5 Å². The fourth-order valence-corrected chi connectivity index (χ4v) is 2.81. The van der Waals surface area contributed by atoms with Crippen molar-refractivity contribution >= 4 is 0 Å². The molecule has 0 aromatic heterocycles.